The zero-order valence-corrected chi connectivity index (χ0v) is 16.5. The molecule has 1 aliphatic heterocycles. The van der Waals surface area contributed by atoms with Gasteiger partial charge in [-0.15, -0.1) is 0 Å². The van der Waals surface area contributed by atoms with E-state index in [1.54, 1.807) is 12.1 Å². The molecule has 2 amide bonds. The average molecular weight is 382 g/mol. The summed E-state index contributed by atoms with van der Waals surface area (Å²) in [4.78, 5) is 24.2. The van der Waals surface area contributed by atoms with E-state index in [2.05, 4.69) is 31.4 Å². The van der Waals surface area contributed by atoms with Crippen LogP contribution in [0, 0.1) is 0 Å². The van der Waals surface area contributed by atoms with Gasteiger partial charge in [0.1, 0.15) is 12.7 Å². The summed E-state index contributed by atoms with van der Waals surface area (Å²) in [7, 11) is 0. The minimum absolute atomic E-state index is 0.0281. The Bertz CT molecular complexity index is 840. The second-order valence-corrected chi connectivity index (χ2v) is 7.81. The highest BCUT2D eigenvalue weighted by atomic mass is 16.6. The fourth-order valence-corrected chi connectivity index (χ4v) is 2.84. The Morgan fingerprint density at radius 3 is 2.36 bits per heavy atom. The van der Waals surface area contributed by atoms with Crippen LogP contribution in [0.15, 0.2) is 48.5 Å². The van der Waals surface area contributed by atoms with E-state index < -0.39 is 0 Å². The van der Waals surface area contributed by atoms with Crippen LogP contribution in [-0.2, 0) is 10.2 Å². The Balaban J connectivity index is 1.42. The van der Waals surface area contributed by atoms with Gasteiger partial charge in [-0.1, -0.05) is 45.0 Å². The lowest BCUT2D eigenvalue weighted by Gasteiger charge is -2.26. The number of hydrogen-bond donors (Lipinski definition) is 2. The average Bonchev–Trinajstić information content (AvgIpc) is 2.69. The number of carbonyl (C=O) groups is 2. The highest BCUT2D eigenvalue weighted by Crippen LogP contribution is 2.30. The van der Waals surface area contributed by atoms with Crippen molar-refractivity contribution in [1.82, 2.24) is 10.6 Å². The first-order chi connectivity index (χ1) is 13.3. The van der Waals surface area contributed by atoms with Gasteiger partial charge in [0, 0.05) is 5.56 Å². The molecule has 6 heteroatoms. The highest BCUT2D eigenvalue weighted by molar-refractivity contribution is 5.96. The Kier molecular flexibility index (Phi) is 5.87. The van der Waals surface area contributed by atoms with Gasteiger partial charge in [0.2, 0.25) is 5.91 Å². The number of nitrogens with one attached hydrogen (secondary N) is 2. The molecule has 148 valence electrons. The van der Waals surface area contributed by atoms with E-state index >= 15 is 0 Å². The van der Waals surface area contributed by atoms with Crippen LogP contribution in [0.2, 0.25) is 0 Å². The lowest BCUT2D eigenvalue weighted by molar-refractivity contribution is -0.120. The van der Waals surface area contributed by atoms with Gasteiger partial charge in [0.25, 0.3) is 5.91 Å². The molecular formula is C22H26N2O4. The number of benzene rings is 2. The molecule has 0 unspecified atom stereocenters. The van der Waals surface area contributed by atoms with E-state index in [0.29, 0.717) is 30.2 Å². The molecular weight excluding hydrogens is 356 g/mol. The molecule has 0 fully saturated rings. The largest absolute Gasteiger partial charge is 0.486 e. The van der Waals surface area contributed by atoms with Gasteiger partial charge < -0.3 is 20.1 Å². The molecule has 2 aromatic rings. The maximum Gasteiger partial charge on any atom is 0.251 e. The molecule has 0 saturated carbocycles. The molecule has 2 aromatic carbocycles. The fourth-order valence-electron chi connectivity index (χ4n) is 2.84. The number of para-hydroxylation sites is 2. The first-order valence-electron chi connectivity index (χ1n) is 9.37. The van der Waals surface area contributed by atoms with Crippen molar-refractivity contribution < 1.29 is 19.1 Å². The molecule has 3 rings (SSSR count). The molecule has 28 heavy (non-hydrogen) atoms. The third-order valence-corrected chi connectivity index (χ3v) is 4.52. The number of hydrogen-bond acceptors (Lipinski definition) is 4. The fraction of sp³-hybridized carbons (Fsp3) is 0.364. The molecule has 0 spiro atoms. The molecule has 0 bridgehead atoms. The van der Waals surface area contributed by atoms with Crippen LogP contribution < -0.4 is 20.1 Å². The van der Waals surface area contributed by atoms with Crippen LogP contribution in [0.3, 0.4) is 0 Å². The Morgan fingerprint density at radius 1 is 1.00 bits per heavy atom. The minimum atomic E-state index is -0.276. The summed E-state index contributed by atoms with van der Waals surface area (Å²) < 4.78 is 11.4. The van der Waals surface area contributed by atoms with Crippen LogP contribution in [0.5, 0.6) is 11.5 Å². The van der Waals surface area contributed by atoms with Gasteiger partial charge in [-0.2, -0.15) is 0 Å². The monoisotopic (exact) mass is 382 g/mol. The second-order valence-electron chi connectivity index (χ2n) is 7.81. The number of amides is 2. The highest BCUT2D eigenvalue weighted by Gasteiger charge is 2.21. The minimum Gasteiger partial charge on any atom is -0.486 e. The molecule has 6 nitrogen and oxygen atoms in total. The topological polar surface area (TPSA) is 76.7 Å². The van der Waals surface area contributed by atoms with Gasteiger partial charge in [-0.3, -0.25) is 9.59 Å². The molecule has 1 aliphatic rings. The predicted molar refractivity (Wildman–Crippen MR) is 107 cm³/mol. The van der Waals surface area contributed by atoms with E-state index in [-0.39, 0.29) is 29.9 Å². The molecule has 0 aromatic heterocycles. The Labute approximate surface area is 165 Å². The van der Waals surface area contributed by atoms with Crippen LogP contribution in [0.1, 0.15) is 36.7 Å². The number of carbonyl (C=O) groups excluding carboxylic acids is 2. The predicted octanol–water partition coefficient (Wildman–Crippen LogP) is 2.67. The summed E-state index contributed by atoms with van der Waals surface area (Å²) >= 11 is 0. The third-order valence-electron chi connectivity index (χ3n) is 4.52. The second kappa shape index (κ2) is 8.33. The molecule has 2 N–H and O–H groups in total. The SMILES string of the molecule is CC(C)(C)c1ccc(C(=O)NCC(=O)NC[C@@H]2COc3ccccc3O2)cc1. The van der Waals surface area contributed by atoms with Gasteiger partial charge >= 0.3 is 0 Å². The molecule has 0 saturated heterocycles. The molecule has 1 atom stereocenters. The van der Waals surface area contributed by atoms with Crippen molar-refractivity contribution in [2.75, 3.05) is 19.7 Å². The maximum atomic E-state index is 12.2. The molecule has 0 radical (unpaired) electrons. The van der Waals surface area contributed by atoms with E-state index in [4.69, 9.17) is 9.47 Å². The van der Waals surface area contributed by atoms with E-state index in [0.717, 1.165) is 5.56 Å². The number of fused-ring (bicyclic) bond motifs is 1. The van der Waals surface area contributed by atoms with Crippen LogP contribution in [0.25, 0.3) is 0 Å². The lowest BCUT2D eigenvalue weighted by Crippen LogP contribution is -2.44. The van der Waals surface area contributed by atoms with Crippen molar-refractivity contribution in [3.05, 3.63) is 59.7 Å². The number of rotatable bonds is 5. The first-order valence-corrected chi connectivity index (χ1v) is 9.37. The number of ether oxygens (including phenoxy) is 2. The van der Waals surface area contributed by atoms with Crippen molar-refractivity contribution in [3.63, 3.8) is 0 Å². The summed E-state index contributed by atoms with van der Waals surface area (Å²) in [6.07, 6.45) is -0.264. The third kappa shape index (κ3) is 5.03. The lowest BCUT2D eigenvalue weighted by atomic mass is 9.87. The van der Waals surface area contributed by atoms with Gasteiger partial charge in [0.15, 0.2) is 11.5 Å². The van der Waals surface area contributed by atoms with Crippen LogP contribution in [0.4, 0.5) is 0 Å². The summed E-state index contributed by atoms with van der Waals surface area (Å²) in [5.74, 6) is 0.818. The summed E-state index contributed by atoms with van der Waals surface area (Å²) in [6.45, 7) is 6.93. The van der Waals surface area contributed by atoms with Gasteiger partial charge in [-0.25, -0.2) is 0 Å². The zero-order chi connectivity index (χ0) is 20.1. The van der Waals surface area contributed by atoms with Gasteiger partial charge in [-0.05, 0) is 35.2 Å². The van der Waals surface area contributed by atoms with Crippen molar-refractivity contribution in [3.8, 4) is 11.5 Å². The van der Waals surface area contributed by atoms with E-state index in [9.17, 15) is 9.59 Å². The van der Waals surface area contributed by atoms with E-state index in [1.165, 1.54) is 0 Å². The van der Waals surface area contributed by atoms with Crippen molar-refractivity contribution >= 4 is 11.8 Å². The standard InChI is InChI=1S/C22H26N2O4/c1-22(2,3)16-10-8-15(9-11-16)21(26)24-13-20(25)23-12-17-14-27-18-6-4-5-7-19(18)28-17/h4-11,17H,12-14H2,1-3H3,(H,23,25)(H,24,26)/t17-/m1/s1. The van der Waals surface area contributed by atoms with Gasteiger partial charge in [0.05, 0.1) is 13.1 Å². The Hall–Kier alpha value is -3.02. The maximum absolute atomic E-state index is 12.2. The summed E-state index contributed by atoms with van der Waals surface area (Å²) in [5, 5.41) is 5.40. The quantitative estimate of drug-likeness (QED) is 0.834. The van der Waals surface area contributed by atoms with Crippen LogP contribution >= 0.6 is 0 Å². The summed E-state index contributed by atoms with van der Waals surface area (Å²) in [6, 6.07) is 14.8. The molecule has 0 aliphatic carbocycles. The smallest absolute Gasteiger partial charge is 0.251 e. The van der Waals surface area contributed by atoms with Crippen molar-refractivity contribution in [1.29, 1.82) is 0 Å². The zero-order valence-electron chi connectivity index (χ0n) is 16.5. The van der Waals surface area contributed by atoms with E-state index in [1.807, 2.05) is 36.4 Å². The summed E-state index contributed by atoms with van der Waals surface area (Å²) in [5.41, 5.74) is 1.71. The van der Waals surface area contributed by atoms with Crippen molar-refractivity contribution in [2.45, 2.75) is 32.3 Å². The van der Waals surface area contributed by atoms with Crippen molar-refractivity contribution in [2.24, 2.45) is 0 Å². The molecule has 1 heterocycles. The first kappa shape index (κ1) is 19.7. The Morgan fingerprint density at radius 2 is 1.68 bits per heavy atom. The van der Waals surface area contributed by atoms with Crippen LogP contribution in [-0.4, -0.2) is 37.6 Å². The normalized spacial score (nSPS) is 15.6.